The first kappa shape index (κ1) is 22.6. The Morgan fingerprint density at radius 3 is 1.93 bits per heavy atom. The van der Waals surface area contributed by atoms with Crippen LogP contribution in [0.1, 0.15) is 47.4 Å². The number of azo groups is 1. The molecule has 29 heavy (non-hydrogen) atoms. The molecule has 6 nitrogen and oxygen atoms in total. The topological polar surface area (TPSA) is 77.3 Å². The minimum Gasteiger partial charge on any atom is -0.462 e. The highest BCUT2D eigenvalue weighted by Gasteiger charge is 2.21. The molecule has 0 bridgehead atoms. The van der Waals surface area contributed by atoms with Crippen LogP contribution in [0.5, 0.6) is 0 Å². The van der Waals surface area contributed by atoms with Crippen LogP contribution in [0, 0.1) is 0 Å². The van der Waals surface area contributed by atoms with E-state index in [9.17, 15) is 9.59 Å². The fourth-order valence-corrected chi connectivity index (χ4v) is 2.41. The number of hydrogen-bond acceptors (Lipinski definition) is 6. The van der Waals surface area contributed by atoms with Crippen LogP contribution < -0.4 is 0 Å². The van der Waals surface area contributed by atoms with Crippen molar-refractivity contribution in [1.82, 2.24) is 0 Å². The summed E-state index contributed by atoms with van der Waals surface area (Å²) in [4.78, 5) is 22.8. The average molecular weight is 417 g/mol. The zero-order chi connectivity index (χ0) is 21.1. The van der Waals surface area contributed by atoms with Crippen LogP contribution in [0.3, 0.4) is 0 Å². The molecule has 0 saturated carbocycles. The van der Waals surface area contributed by atoms with Crippen molar-refractivity contribution in [2.45, 2.75) is 37.7 Å². The Morgan fingerprint density at radius 2 is 1.41 bits per heavy atom. The van der Waals surface area contributed by atoms with E-state index in [2.05, 4.69) is 10.2 Å². The second-order valence-corrected chi connectivity index (χ2v) is 7.56. The van der Waals surface area contributed by atoms with Crippen LogP contribution in [-0.4, -0.2) is 36.2 Å². The van der Waals surface area contributed by atoms with E-state index in [1.165, 1.54) is 0 Å². The standard InChI is InChI=1S/C22H25ClN2O4/c1-17(13-15-28-20(26)18-9-5-3-6-10-18)24-25-22(2,23)14-16-29-21(27)19-11-7-4-8-12-19/h3-12,17H,13-16H2,1-2H3. The summed E-state index contributed by atoms with van der Waals surface area (Å²) in [7, 11) is 0. The molecule has 0 aromatic heterocycles. The maximum atomic E-state index is 11.9. The summed E-state index contributed by atoms with van der Waals surface area (Å²) in [6, 6.07) is 17.4. The van der Waals surface area contributed by atoms with E-state index in [1.54, 1.807) is 55.5 Å². The number of hydrogen-bond donors (Lipinski definition) is 0. The summed E-state index contributed by atoms with van der Waals surface area (Å²) in [5.41, 5.74) is 1.00. The monoisotopic (exact) mass is 416 g/mol. The lowest BCUT2D eigenvalue weighted by atomic mass is 10.2. The third-order valence-corrected chi connectivity index (χ3v) is 4.31. The van der Waals surface area contributed by atoms with Crippen molar-refractivity contribution in [1.29, 1.82) is 0 Å². The largest absolute Gasteiger partial charge is 0.462 e. The van der Waals surface area contributed by atoms with Gasteiger partial charge in [-0.3, -0.25) is 0 Å². The zero-order valence-electron chi connectivity index (χ0n) is 16.6. The summed E-state index contributed by atoms with van der Waals surface area (Å²) in [6.07, 6.45) is 0.852. The van der Waals surface area contributed by atoms with E-state index >= 15 is 0 Å². The molecule has 0 fully saturated rings. The molecule has 0 heterocycles. The molecule has 0 aliphatic heterocycles. The normalized spacial score (nSPS) is 14.2. The number of rotatable bonds is 10. The summed E-state index contributed by atoms with van der Waals surface area (Å²) >= 11 is 6.34. The van der Waals surface area contributed by atoms with Gasteiger partial charge in [-0.15, -0.1) is 0 Å². The molecular formula is C22H25ClN2O4. The van der Waals surface area contributed by atoms with Gasteiger partial charge in [-0.2, -0.15) is 10.2 Å². The lowest BCUT2D eigenvalue weighted by Gasteiger charge is -2.16. The minimum atomic E-state index is -0.980. The quantitative estimate of drug-likeness (QED) is 0.228. The van der Waals surface area contributed by atoms with Gasteiger partial charge in [0.15, 0.2) is 5.00 Å². The number of nitrogens with zero attached hydrogens (tertiary/aromatic N) is 2. The van der Waals surface area contributed by atoms with Crippen molar-refractivity contribution in [2.24, 2.45) is 10.2 Å². The summed E-state index contributed by atoms with van der Waals surface area (Å²) in [5, 5.41) is 8.32. The Hall–Kier alpha value is -2.73. The number of carbonyl (C=O) groups excluding carboxylic acids is 2. The summed E-state index contributed by atoms with van der Waals surface area (Å²) in [5.74, 6) is -0.763. The van der Waals surface area contributed by atoms with Crippen LogP contribution >= 0.6 is 11.6 Å². The van der Waals surface area contributed by atoms with Crippen molar-refractivity contribution in [3.8, 4) is 0 Å². The zero-order valence-corrected chi connectivity index (χ0v) is 17.3. The third-order valence-electron chi connectivity index (χ3n) is 4.04. The Balaban J connectivity index is 1.68. The molecule has 7 heteroatoms. The fourth-order valence-electron chi connectivity index (χ4n) is 2.29. The van der Waals surface area contributed by atoms with Crippen LogP contribution in [0.2, 0.25) is 0 Å². The van der Waals surface area contributed by atoms with E-state index in [0.29, 0.717) is 24.0 Å². The highest BCUT2D eigenvalue weighted by Crippen LogP contribution is 2.22. The van der Waals surface area contributed by atoms with Crippen molar-refractivity contribution >= 4 is 23.5 Å². The molecule has 0 aliphatic carbocycles. The van der Waals surface area contributed by atoms with Gasteiger partial charge >= 0.3 is 11.9 Å². The maximum absolute atomic E-state index is 11.9. The van der Waals surface area contributed by atoms with Gasteiger partial charge in [0, 0.05) is 12.8 Å². The number of ether oxygens (including phenoxy) is 2. The number of alkyl halides is 1. The Bertz CT molecular complexity index is 810. The van der Waals surface area contributed by atoms with Crippen molar-refractivity contribution in [3.63, 3.8) is 0 Å². The third kappa shape index (κ3) is 8.44. The van der Waals surface area contributed by atoms with Gasteiger partial charge in [0.25, 0.3) is 0 Å². The van der Waals surface area contributed by atoms with Crippen molar-refractivity contribution < 1.29 is 19.1 Å². The molecule has 2 unspecified atom stereocenters. The van der Waals surface area contributed by atoms with Crippen LogP contribution in [-0.2, 0) is 9.47 Å². The number of carbonyl (C=O) groups is 2. The van der Waals surface area contributed by atoms with E-state index < -0.39 is 11.0 Å². The molecule has 0 N–H and O–H groups in total. The molecule has 0 amide bonds. The van der Waals surface area contributed by atoms with Gasteiger partial charge in [-0.1, -0.05) is 48.0 Å². The average Bonchev–Trinajstić information content (AvgIpc) is 2.73. The van der Waals surface area contributed by atoms with Gasteiger partial charge < -0.3 is 9.47 Å². The molecule has 0 saturated heterocycles. The van der Waals surface area contributed by atoms with Crippen molar-refractivity contribution in [3.05, 3.63) is 71.8 Å². The second-order valence-electron chi connectivity index (χ2n) is 6.75. The van der Waals surface area contributed by atoms with Crippen LogP contribution in [0.25, 0.3) is 0 Å². The van der Waals surface area contributed by atoms with Gasteiger partial charge in [-0.05, 0) is 38.1 Å². The lowest BCUT2D eigenvalue weighted by molar-refractivity contribution is 0.0479. The van der Waals surface area contributed by atoms with E-state index in [1.807, 2.05) is 19.1 Å². The Morgan fingerprint density at radius 1 is 0.931 bits per heavy atom. The SMILES string of the molecule is CC(CCOC(=O)c1ccccc1)N=NC(C)(Cl)CCOC(=O)c1ccccc1. The van der Waals surface area contributed by atoms with Gasteiger partial charge in [0.2, 0.25) is 0 Å². The smallest absolute Gasteiger partial charge is 0.338 e. The lowest BCUT2D eigenvalue weighted by Crippen LogP contribution is -2.18. The molecule has 0 radical (unpaired) electrons. The first-order valence-corrected chi connectivity index (χ1v) is 9.80. The van der Waals surface area contributed by atoms with Gasteiger partial charge in [0.1, 0.15) is 0 Å². The first-order chi connectivity index (χ1) is 13.9. The van der Waals surface area contributed by atoms with E-state index in [0.717, 1.165) is 0 Å². The van der Waals surface area contributed by atoms with Crippen molar-refractivity contribution in [2.75, 3.05) is 13.2 Å². The van der Waals surface area contributed by atoms with E-state index in [4.69, 9.17) is 21.1 Å². The predicted octanol–water partition coefficient (Wildman–Crippen LogP) is 5.28. The maximum Gasteiger partial charge on any atom is 0.338 e. The molecule has 154 valence electrons. The summed E-state index contributed by atoms with van der Waals surface area (Å²) < 4.78 is 10.5. The molecular weight excluding hydrogens is 392 g/mol. The molecule has 2 atom stereocenters. The second kappa shape index (κ2) is 11.3. The fraction of sp³-hybridized carbons (Fsp3) is 0.364. The molecule has 2 rings (SSSR count). The summed E-state index contributed by atoms with van der Waals surface area (Å²) in [6.45, 7) is 3.94. The van der Waals surface area contributed by atoms with Gasteiger partial charge in [-0.25, -0.2) is 9.59 Å². The predicted molar refractivity (Wildman–Crippen MR) is 111 cm³/mol. The van der Waals surface area contributed by atoms with Crippen LogP contribution in [0.15, 0.2) is 70.9 Å². The first-order valence-electron chi connectivity index (χ1n) is 9.43. The Kier molecular flexibility index (Phi) is 8.80. The van der Waals surface area contributed by atoms with Gasteiger partial charge in [0.05, 0.1) is 30.4 Å². The molecule has 0 spiro atoms. The Labute approximate surface area is 175 Å². The highest BCUT2D eigenvalue weighted by atomic mass is 35.5. The number of esters is 2. The van der Waals surface area contributed by atoms with Crippen LogP contribution in [0.4, 0.5) is 0 Å². The molecule has 2 aromatic carbocycles. The highest BCUT2D eigenvalue weighted by molar-refractivity contribution is 6.23. The number of halogens is 1. The van der Waals surface area contributed by atoms with E-state index in [-0.39, 0.29) is 25.2 Å². The minimum absolute atomic E-state index is 0.135. The molecule has 0 aliphatic rings. The number of benzene rings is 2. The molecule has 2 aromatic rings.